The Labute approximate surface area is 820 Å². The van der Waals surface area contributed by atoms with Crippen molar-refractivity contribution in [2.45, 2.75) is 176 Å². The Bertz CT molecular complexity index is 6320. The first kappa shape index (κ1) is 112. The predicted octanol–water partition coefficient (Wildman–Crippen LogP) is 20.5. The van der Waals surface area contributed by atoms with Gasteiger partial charge in [0.15, 0.2) is 0 Å². The molecule has 13 rings (SSSR count). The number of hydrogen-bond donors (Lipinski definition) is 7. The van der Waals surface area contributed by atoms with E-state index in [1.165, 1.54) is 185 Å². The largest absolute Gasteiger partial charge is 0.365 e. The van der Waals surface area contributed by atoms with Crippen molar-refractivity contribution in [3.63, 3.8) is 0 Å². The van der Waals surface area contributed by atoms with Crippen LogP contribution in [-0.4, -0.2) is 147 Å². The van der Waals surface area contributed by atoms with Gasteiger partial charge in [-0.15, -0.1) is 0 Å². The maximum absolute atomic E-state index is 15.1. The number of benzene rings is 5. The number of anilines is 5. The first-order valence-corrected chi connectivity index (χ1v) is 46.0. The van der Waals surface area contributed by atoms with Crippen LogP contribution in [0.5, 0.6) is 0 Å². The molecule has 0 atom stereocenters. The van der Waals surface area contributed by atoms with E-state index in [1.54, 1.807) is 69.2 Å². The molecule has 142 heavy (non-hydrogen) atoms. The minimum atomic E-state index is -3.92. The molecular formula is C101H115BrF15N15O10. The summed E-state index contributed by atoms with van der Waals surface area (Å²) in [7, 11) is 6.65. The minimum absolute atomic E-state index is 0.00998. The second kappa shape index (κ2) is 45.3. The van der Waals surface area contributed by atoms with Crippen molar-refractivity contribution < 1.29 is 114 Å². The maximum Gasteiger partial charge on any atom is 0.365 e. The topological polar surface area (TPSA) is 289 Å². The van der Waals surface area contributed by atoms with Crippen LogP contribution in [0.2, 0.25) is 0 Å². The number of halogens is 16. The van der Waals surface area contributed by atoms with Crippen LogP contribution in [0.3, 0.4) is 0 Å². The average Bonchev–Trinajstić information content (AvgIpc) is 1.62. The van der Waals surface area contributed by atoms with Gasteiger partial charge in [-0.1, -0.05) is 20.8 Å². The van der Waals surface area contributed by atoms with Gasteiger partial charge in [-0.05, 0) is 304 Å². The summed E-state index contributed by atoms with van der Waals surface area (Å²) in [6, 6.07) is 26.8. The van der Waals surface area contributed by atoms with Crippen LogP contribution >= 0.6 is 15.9 Å². The van der Waals surface area contributed by atoms with Crippen LogP contribution in [0.1, 0.15) is 209 Å². The summed E-state index contributed by atoms with van der Waals surface area (Å²) in [4.78, 5) is 128. The van der Waals surface area contributed by atoms with Crippen molar-refractivity contribution in [2.75, 3.05) is 65.9 Å². The lowest BCUT2D eigenvalue weighted by molar-refractivity contribution is -0.161. The summed E-state index contributed by atoms with van der Waals surface area (Å²) in [5.74, 6) is -29.9. The van der Waals surface area contributed by atoms with E-state index in [9.17, 15) is 105 Å². The van der Waals surface area contributed by atoms with Crippen LogP contribution in [0.4, 0.5) is 94.3 Å². The fourth-order valence-electron chi connectivity index (χ4n) is 15.5. The van der Waals surface area contributed by atoms with Crippen molar-refractivity contribution in [1.82, 2.24) is 48.2 Å². The lowest BCUT2D eigenvalue weighted by Gasteiger charge is -2.33. The second-order valence-electron chi connectivity index (χ2n) is 37.9. The predicted molar refractivity (Wildman–Crippen MR) is 510 cm³/mol. The van der Waals surface area contributed by atoms with Gasteiger partial charge in [0.2, 0.25) is 0 Å². The van der Waals surface area contributed by atoms with Crippen LogP contribution in [-0.2, 0) is 88.8 Å². The number of carbonyl (C=O) groups is 10. The Morgan fingerprint density at radius 3 is 0.951 bits per heavy atom. The van der Waals surface area contributed by atoms with Gasteiger partial charge in [-0.2, -0.15) is 43.9 Å². The molecule has 3 aliphatic heterocycles. The van der Waals surface area contributed by atoms with Gasteiger partial charge in [-0.25, -0.2) is 22.0 Å². The van der Waals surface area contributed by atoms with Crippen molar-refractivity contribution in [3.8, 4) is 0 Å². The number of nitrogens with one attached hydrogen (secondary N) is 7. The molecule has 0 unspecified atom stereocenters. The standard InChI is InChI=1S/C21H23BrF3N3O2.2C21H24F3N3O2.2C19H22F3N3O2/c1-12-6-8-28(9-7-12)20(30)21(24,25)18-15(22)11-17(27(18)3)19(29)26-14-4-5-16(23)13(2)10-14;1-13-6-8-27(9-7-13)20(29)21(23,24)18-11-15(12-26(18)3)19(28)25-16-4-5-17(22)14(2)10-16;1-13-8-10-27(11-9-13)20(29)21(23,24)18-7-6-17(26(18)3)19(28)25-15-4-5-16(22)14(2)12-15;1-11-8-13(6-7-14(11)20)23-16(26)12-9-15(25(5)10-12)19(21,22)17(27)24-18(2,3)4;1-11-10-12(6-7-14(11)20)23-16(26)13-8-9-25(5)15(13)19(21,22)17(27)24-18(2,3)4/h4-5,10-12H,6-9H2,1-3H3,(H,26,29);4-5,10-13H,6-9H2,1-3H3,(H,25,28);4-7,12-13H,8-11H2,1-3H3,(H,25,28);2*6-10H,1-5H3,(H,23,26)(H,24,27). The summed E-state index contributed by atoms with van der Waals surface area (Å²) in [6.45, 7) is 25.1. The summed E-state index contributed by atoms with van der Waals surface area (Å²) < 4.78 is 221. The van der Waals surface area contributed by atoms with Crippen molar-refractivity contribution in [2.24, 2.45) is 53.0 Å². The van der Waals surface area contributed by atoms with Crippen molar-refractivity contribution in [3.05, 3.63) is 264 Å². The fourth-order valence-corrected chi connectivity index (χ4v) is 16.3. The Morgan fingerprint density at radius 1 is 0.324 bits per heavy atom. The van der Waals surface area contributed by atoms with E-state index in [4.69, 9.17) is 0 Å². The number of nitrogens with zero attached hydrogens (tertiary/aromatic N) is 8. The number of likely N-dealkylation sites (tertiary alicyclic amines) is 3. The number of piperidine rings is 3. The van der Waals surface area contributed by atoms with Gasteiger partial charge < -0.3 is 74.8 Å². The molecule has 7 N–H and O–H groups in total. The number of alkyl halides is 10. The smallest absolute Gasteiger partial charge is 0.348 e. The van der Waals surface area contributed by atoms with E-state index in [-0.39, 0.29) is 51.3 Å². The first-order chi connectivity index (χ1) is 65.8. The summed E-state index contributed by atoms with van der Waals surface area (Å²) >= 11 is 3.08. The van der Waals surface area contributed by atoms with Crippen LogP contribution < -0.4 is 37.2 Å². The summed E-state index contributed by atoms with van der Waals surface area (Å²) in [5.41, 5.74) is -1.83. The molecule has 3 fully saturated rings. The van der Waals surface area contributed by atoms with Gasteiger partial charge in [0.25, 0.3) is 59.1 Å². The Balaban J connectivity index is 0.000000198. The monoisotopic (exact) mass is 2060 g/mol. The number of amides is 10. The number of aromatic nitrogens is 5. The lowest BCUT2D eigenvalue weighted by Crippen LogP contribution is -2.48. The highest BCUT2D eigenvalue weighted by molar-refractivity contribution is 9.10. The molecule has 5 aromatic carbocycles. The maximum atomic E-state index is 15.1. The van der Waals surface area contributed by atoms with Gasteiger partial charge in [-0.3, -0.25) is 47.9 Å². The number of rotatable bonds is 20. The molecule has 0 radical (unpaired) electrons. The Morgan fingerprint density at radius 2 is 0.620 bits per heavy atom. The Kier molecular flexibility index (Phi) is 35.8. The SMILES string of the molecule is Cc1cc(NC(=O)c2cc(Br)c(C(F)(F)C(=O)N3CCC(C)CC3)n2C)ccc1F.Cc1cc(NC(=O)c2cc(C(F)(F)C(=O)N3CCC(C)CC3)n(C)c2)ccc1F.Cc1cc(NC(=O)c2cc(C(F)(F)C(=O)NC(C)(C)C)n(C)c2)ccc1F.Cc1cc(NC(=O)c2ccc(C(F)(F)C(=O)N3CCC(C)CC3)n2C)ccc1F.Cc1cc(NC(=O)c2ccn(C)c2C(F)(F)C(=O)NC(C)(C)C)ccc1F. The van der Waals surface area contributed by atoms with Gasteiger partial charge in [0, 0.05) is 137 Å². The van der Waals surface area contributed by atoms with Crippen LogP contribution in [0.15, 0.2) is 150 Å². The molecule has 8 heterocycles. The van der Waals surface area contributed by atoms with E-state index >= 15 is 8.78 Å². The molecule has 3 aliphatic rings. The zero-order chi connectivity index (χ0) is 106. The number of aryl methyl sites for hydroxylation is 8. The zero-order valence-corrected chi connectivity index (χ0v) is 83.4. The van der Waals surface area contributed by atoms with E-state index in [0.717, 1.165) is 41.0 Å². The number of hydrogen-bond acceptors (Lipinski definition) is 10. The molecule has 10 amide bonds. The molecule has 3 saturated heterocycles. The highest BCUT2D eigenvalue weighted by Gasteiger charge is 2.53. The molecule has 0 saturated carbocycles. The van der Waals surface area contributed by atoms with Crippen LogP contribution in [0, 0.1) is 81.5 Å². The third-order valence-corrected chi connectivity index (χ3v) is 24.4. The van der Waals surface area contributed by atoms with Gasteiger partial charge >= 0.3 is 29.6 Å². The average molecular weight is 2060 g/mol. The first-order valence-electron chi connectivity index (χ1n) is 45.2. The highest BCUT2D eigenvalue weighted by atomic mass is 79.9. The Hall–Kier alpha value is -13.4. The molecule has 766 valence electrons. The normalized spacial score (nSPS) is 14.1. The molecule has 0 spiro atoms. The summed E-state index contributed by atoms with van der Waals surface area (Å²) in [5, 5.41) is 17.1. The van der Waals surface area contributed by atoms with E-state index < -0.39 is 157 Å². The third-order valence-electron chi connectivity index (χ3n) is 23.8. The zero-order valence-electron chi connectivity index (χ0n) is 81.8. The van der Waals surface area contributed by atoms with E-state index in [2.05, 4.69) is 53.1 Å². The molecular weight excluding hydrogens is 1950 g/mol. The molecule has 0 bridgehead atoms. The lowest BCUT2D eigenvalue weighted by atomic mass is 9.98. The minimum Gasteiger partial charge on any atom is -0.348 e. The second-order valence-corrected chi connectivity index (χ2v) is 38.7. The molecule has 10 aromatic rings. The summed E-state index contributed by atoms with van der Waals surface area (Å²) in [6.07, 6.45) is 7.87. The fraction of sp³-hybridized carbons (Fsp3) is 0.406. The van der Waals surface area contributed by atoms with E-state index in [1.807, 2.05) is 20.8 Å². The molecule has 25 nitrogen and oxygen atoms in total. The molecule has 5 aromatic heterocycles. The highest BCUT2D eigenvalue weighted by Crippen LogP contribution is 2.42. The van der Waals surface area contributed by atoms with Crippen molar-refractivity contribution >= 4 is 103 Å². The van der Waals surface area contributed by atoms with E-state index in [0.29, 0.717) is 133 Å². The van der Waals surface area contributed by atoms with Gasteiger partial charge in [0.1, 0.15) is 51.9 Å². The van der Waals surface area contributed by atoms with Crippen LogP contribution in [0.25, 0.3) is 0 Å². The third kappa shape index (κ3) is 27.5. The number of carbonyl (C=O) groups excluding carboxylic acids is 10. The quantitative estimate of drug-likeness (QED) is 0.0354. The molecule has 41 heteroatoms. The van der Waals surface area contributed by atoms with Gasteiger partial charge in [0.05, 0.1) is 33.8 Å². The molecule has 0 aliphatic carbocycles. The van der Waals surface area contributed by atoms with Crippen molar-refractivity contribution in [1.29, 1.82) is 0 Å².